The first-order chi connectivity index (χ1) is 16.3. The molecule has 2 aromatic heterocycles. The highest BCUT2D eigenvalue weighted by molar-refractivity contribution is 5.99. The fourth-order valence-electron chi connectivity index (χ4n) is 4.05. The molecular weight excluding hydrogens is 439 g/mol. The molecule has 7 N–H and O–H groups in total. The molecule has 2 heterocycles. The van der Waals surface area contributed by atoms with Crippen LogP contribution in [0, 0.1) is 11.7 Å². The van der Waals surface area contributed by atoms with Gasteiger partial charge >= 0.3 is 0 Å². The number of ether oxygens (including phenoxy) is 1. The Balaban J connectivity index is 1.66. The number of fused-ring (bicyclic) bond motifs is 1. The van der Waals surface area contributed by atoms with Crippen LogP contribution < -0.4 is 27.4 Å². The first-order valence-electron chi connectivity index (χ1n) is 11.3. The van der Waals surface area contributed by atoms with Gasteiger partial charge in [0.05, 0.1) is 17.7 Å². The van der Waals surface area contributed by atoms with Crippen LogP contribution in [0.15, 0.2) is 24.3 Å². The van der Waals surface area contributed by atoms with Gasteiger partial charge in [0.2, 0.25) is 0 Å². The number of nitrogens with one attached hydrogen (secondary N) is 3. The number of aryl methyl sites for hydroxylation is 1. The number of benzene rings is 1. The Kier molecular flexibility index (Phi) is 6.85. The van der Waals surface area contributed by atoms with E-state index in [2.05, 4.69) is 26.0 Å². The number of anilines is 4. The van der Waals surface area contributed by atoms with E-state index in [0.29, 0.717) is 30.6 Å². The molecule has 0 aliphatic heterocycles. The molecule has 4 rings (SSSR count). The van der Waals surface area contributed by atoms with Gasteiger partial charge in [0.1, 0.15) is 5.82 Å². The molecule has 1 aliphatic rings. The van der Waals surface area contributed by atoms with Gasteiger partial charge in [-0.05, 0) is 49.9 Å². The summed E-state index contributed by atoms with van der Waals surface area (Å²) < 4.78 is 21.7. The van der Waals surface area contributed by atoms with Crippen LogP contribution in [-0.4, -0.2) is 53.0 Å². The molecule has 0 radical (unpaired) electrons. The normalized spacial score (nSPS) is 15.2. The molecular formula is C23H31FN8O2. The molecule has 11 heteroatoms. The summed E-state index contributed by atoms with van der Waals surface area (Å²) in [6.45, 7) is 3.02. The highest BCUT2D eigenvalue weighted by atomic mass is 19.1. The third kappa shape index (κ3) is 5.05. The average molecular weight is 471 g/mol. The molecule has 182 valence electrons. The highest BCUT2D eigenvalue weighted by Crippen LogP contribution is 2.36. The molecule has 1 aliphatic carbocycles. The Morgan fingerprint density at radius 3 is 2.71 bits per heavy atom. The zero-order chi connectivity index (χ0) is 24.4. The van der Waals surface area contributed by atoms with E-state index in [9.17, 15) is 9.18 Å². The summed E-state index contributed by atoms with van der Waals surface area (Å²) in [6, 6.07) is 6.43. The van der Waals surface area contributed by atoms with Gasteiger partial charge in [-0.3, -0.25) is 9.48 Å². The number of hydrogen-bond donors (Lipinski definition) is 5. The summed E-state index contributed by atoms with van der Waals surface area (Å²) in [5.74, 6) is -0.162. The second-order valence-electron chi connectivity index (χ2n) is 8.69. The predicted molar refractivity (Wildman–Crippen MR) is 131 cm³/mol. The third-order valence-corrected chi connectivity index (χ3v) is 5.95. The van der Waals surface area contributed by atoms with Gasteiger partial charge in [0.25, 0.3) is 5.91 Å². The van der Waals surface area contributed by atoms with E-state index >= 15 is 0 Å². The Morgan fingerprint density at radius 2 is 2.06 bits per heavy atom. The summed E-state index contributed by atoms with van der Waals surface area (Å²) in [5.41, 5.74) is 13.1. The number of carbonyl (C=O) groups is 1. The quantitative estimate of drug-likeness (QED) is 0.269. The summed E-state index contributed by atoms with van der Waals surface area (Å²) in [4.78, 5) is 16.4. The highest BCUT2D eigenvalue weighted by Gasteiger charge is 2.34. The molecule has 1 amide bonds. The van der Waals surface area contributed by atoms with Crippen molar-refractivity contribution in [3.8, 4) is 0 Å². The van der Waals surface area contributed by atoms with E-state index in [1.165, 1.54) is 0 Å². The Morgan fingerprint density at radius 1 is 1.29 bits per heavy atom. The zero-order valence-electron chi connectivity index (χ0n) is 19.6. The van der Waals surface area contributed by atoms with E-state index in [1.807, 2.05) is 32.2 Å². The van der Waals surface area contributed by atoms with E-state index in [-0.39, 0.29) is 29.3 Å². The van der Waals surface area contributed by atoms with Crippen LogP contribution in [0.4, 0.5) is 27.5 Å². The Labute approximate surface area is 197 Å². The third-order valence-electron chi connectivity index (χ3n) is 5.95. The van der Waals surface area contributed by atoms with Crippen molar-refractivity contribution < 1.29 is 13.9 Å². The minimum Gasteiger partial charge on any atom is -0.383 e. The Bertz CT molecular complexity index is 1190. The van der Waals surface area contributed by atoms with Crippen LogP contribution in [0.3, 0.4) is 0 Å². The van der Waals surface area contributed by atoms with Crippen molar-refractivity contribution in [3.63, 3.8) is 0 Å². The number of primary amides is 1. The second kappa shape index (κ2) is 9.82. The molecule has 1 saturated carbocycles. The van der Waals surface area contributed by atoms with Crippen LogP contribution >= 0.6 is 0 Å². The number of halogens is 1. The molecule has 34 heavy (non-hydrogen) atoms. The Hall–Kier alpha value is -3.44. The van der Waals surface area contributed by atoms with Crippen molar-refractivity contribution in [2.24, 2.45) is 24.4 Å². The van der Waals surface area contributed by atoms with E-state index in [0.717, 1.165) is 29.8 Å². The standard InChI is InChI=1S/C23H31FN8O2/c1-12(25)19(13-4-5-13)29-23-17(24)11-16(20(26)33)22(30-23)28-14-6-7-18-15(10-14)21(31-32(18)2)27-8-9-34-3/h6-7,10-13,19H,4-5,8-9,25H2,1-3H3,(H2,26,33)(H,27,31)(H2,28,29,30)/t12-,19-/m0/s1. The van der Waals surface area contributed by atoms with Gasteiger partial charge in [0, 0.05) is 43.9 Å². The van der Waals surface area contributed by atoms with Crippen molar-refractivity contribution in [1.82, 2.24) is 14.8 Å². The number of carbonyl (C=O) groups excluding carboxylic acids is 1. The van der Waals surface area contributed by atoms with Crippen LogP contribution in [0.1, 0.15) is 30.1 Å². The maximum atomic E-state index is 14.8. The number of hydrogen-bond acceptors (Lipinski definition) is 8. The molecule has 1 aromatic carbocycles. The van der Waals surface area contributed by atoms with Crippen molar-refractivity contribution in [2.45, 2.75) is 31.8 Å². The molecule has 0 saturated heterocycles. The molecule has 2 atom stereocenters. The lowest BCUT2D eigenvalue weighted by atomic mass is 10.1. The summed E-state index contributed by atoms with van der Waals surface area (Å²) in [7, 11) is 3.49. The maximum absolute atomic E-state index is 14.8. The largest absolute Gasteiger partial charge is 0.383 e. The molecule has 0 bridgehead atoms. The molecule has 1 fully saturated rings. The van der Waals surface area contributed by atoms with Crippen molar-refractivity contribution >= 4 is 40.0 Å². The first-order valence-corrected chi connectivity index (χ1v) is 11.3. The average Bonchev–Trinajstić information content (AvgIpc) is 3.58. The number of nitrogens with two attached hydrogens (primary N) is 2. The lowest BCUT2D eigenvalue weighted by molar-refractivity contribution is 0.100. The monoisotopic (exact) mass is 470 g/mol. The van der Waals surface area contributed by atoms with Crippen LogP contribution in [0.2, 0.25) is 0 Å². The lowest BCUT2D eigenvalue weighted by Crippen LogP contribution is -2.40. The first kappa shape index (κ1) is 23.7. The van der Waals surface area contributed by atoms with E-state index in [4.69, 9.17) is 16.2 Å². The number of methoxy groups -OCH3 is 1. The van der Waals surface area contributed by atoms with Gasteiger partial charge < -0.3 is 32.2 Å². The molecule has 10 nitrogen and oxygen atoms in total. The van der Waals surface area contributed by atoms with Gasteiger partial charge in [-0.25, -0.2) is 9.37 Å². The molecule has 0 spiro atoms. The fraction of sp³-hybridized carbons (Fsp3) is 0.435. The van der Waals surface area contributed by atoms with E-state index in [1.54, 1.807) is 11.8 Å². The fourth-order valence-corrected chi connectivity index (χ4v) is 4.05. The van der Waals surface area contributed by atoms with Gasteiger partial charge in [-0.2, -0.15) is 5.10 Å². The summed E-state index contributed by atoms with van der Waals surface area (Å²) >= 11 is 0. The van der Waals surface area contributed by atoms with E-state index < -0.39 is 11.7 Å². The number of pyridine rings is 1. The van der Waals surface area contributed by atoms with Crippen LogP contribution in [0.5, 0.6) is 0 Å². The van der Waals surface area contributed by atoms with Gasteiger partial charge in [-0.1, -0.05) is 0 Å². The lowest BCUT2D eigenvalue weighted by Gasteiger charge is -2.23. The predicted octanol–water partition coefficient (Wildman–Crippen LogP) is 2.55. The van der Waals surface area contributed by atoms with Crippen LogP contribution in [-0.2, 0) is 11.8 Å². The minimum absolute atomic E-state index is 0.0334. The van der Waals surface area contributed by atoms with Gasteiger partial charge in [0.15, 0.2) is 17.5 Å². The number of amides is 1. The van der Waals surface area contributed by atoms with Crippen molar-refractivity contribution in [1.29, 1.82) is 0 Å². The van der Waals surface area contributed by atoms with Gasteiger partial charge in [-0.15, -0.1) is 0 Å². The molecule has 0 unspecified atom stereocenters. The molecule has 3 aromatic rings. The minimum atomic E-state index is -0.782. The zero-order valence-corrected chi connectivity index (χ0v) is 19.6. The van der Waals surface area contributed by atoms with Crippen molar-refractivity contribution in [2.75, 3.05) is 36.2 Å². The topological polar surface area (TPSA) is 145 Å². The number of aromatic nitrogens is 3. The SMILES string of the molecule is COCCNc1nn(C)c2ccc(Nc3nc(N[C@H](C4CC4)[C@H](C)N)c(F)cc3C(N)=O)cc12. The summed E-state index contributed by atoms with van der Waals surface area (Å²) in [6.07, 6.45) is 2.08. The maximum Gasteiger partial charge on any atom is 0.252 e. The van der Waals surface area contributed by atoms with Crippen LogP contribution in [0.25, 0.3) is 10.9 Å². The number of rotatable bonds is 11. The second-order valence-corrected chi connectivity index (χ2v) is 8.69. The van der Waals surface area contributed by atoms with Crippen molar-refractivity contribution in [3.05, 3.63) is 35.6 Å². The smallest absolute Gasteiger partial charge is 0.252 e. The number of nitrogens with zero attached hydrogens (tertiary/aromatic N) is 3. The summed E-state index contributed by atoms with van der Waals surface area (Å²) in [5, 5.41) is 14.9.